The lowest BCUT2D eigenvalue weighted by Crippen LogP contribution is -2.43. The molecule has 0 spiro atoms. The second kappa shape index (κ2) is 11.3. The Hall–Kier alpha value is -3.07. The van der Waals surface area contributed by atoms with Crippen molar-refractivity contribution in [2.45, 2.75) is 50.1 Å². The Morgan fingerprint density at radius 3 is 2.17 bits per heavy atom. The predicted octanol–water partition coefficient (Wildman–Crippen LogP) is 4.71. The number of halogens is 2. The molecule has 6 nitrogen and oxygen atoms in total. The van der Waals surface area contributed by atoms with E-state index >= 15 is 0 Å². The lowest BCUT2D eigenvalue weighted by atomic mass is 9.97. The van der Waals surface area contributed by atoms with E-state index in [4.69, 9.17) is 11.6 Å². The first-order chi connectivity index (χ1) is 16.8. The van der Waals surface area contributed by atoms with Crippen molar-refractivity contribution in [3.05, 3.63) is 100 Å². The fourth-order valence-electron chi connectivity index (χ4n) is 3.59. The van der Waals surface area contributed by atoms with E-state index in [-0.39, 0.29) is 34.1 Å². The molecular weight excluding hydrogens is 503 g/mol. The van der Waals surface area contributed by atoms with Crippen molar-refractivity contribution < 1.29 is 22.4 Å². The molecule has 0 aliphatic rings. The maximum atomic E-state index is 13.3. The maximum absolute atomic E-state index is 13.3. The van der Waals surface area contributed by atoms with E-state index in [1.54, 1.807) is 20.8 Å². The van der Waals surface area contributed by atoms with Gasteiger partial charge in [-0.1, -0.05) is 48.0 Å². The van der Waals surface area contributed by atoms with Crippen LogP contribution >= 0.6 is 11.6 Å². The molecule has 3 aromatic carbocycles. The summed E-state index contributed by atoms with van der Waals surface area (Å²) in [4.78, 5) is 25.9. The third-order valence-electron chi connectivity index (χ3n) is 5.19. The summed E-state index contributed by atoms with van der Waals surface area (Å²) in [5, 5.41) is 2.74. The first-order valence-electron chi connectivity index (χ1n) is 11.3. The number of rotatable bonds is 9. The Balaban J connectivity index is 1.81. The number of sulfonamides is 1. The lowest BCUT2D eigenvalue weighted by molar-refractivity contribution is -0.120. The summed E-state index contributed by atoms with van der Waals surface area (Å²) in [5.41, 5.74) is 0.896. The maximum Gasteiger partial charge on any atom is 0.251 e. The second-order valence-corrected chi connectivity index (χ2v) is 11.5. The molecule has 36 heavy (non-hydrogen) atoms. The highest BCUT2D eigenvalue weighted by molar-refractivity contribution is 7.89. The molecule has 3 rings (SSSR count). The quantitative estimate of drug-likeness (QED) is 0.419. The van der Waals surface area contributed by atoms with Crippen LogP contribution in [0.25, 0.3) is 0 Å². The van der Waals surface area contributed by atoms with Gasteiger partial charge in [0.2, 0.25) is 10.0 Å². The zero-order valence-electron chi connectivity index (χ0n) is 20.2. The van der Waals surface area contributed by atoms with Crippen LogP contribution in [-0.2, 0) is 27.7 Å². The average Bonchev–Trinajstić information content (AvgIpc) is 2.78. The highest BCUT2D eigenvalue weighted by Crippen LogP contribution is 2.24. The zero-order valence-corrected chi connectivity index (χ0v) is 21.8. The average molecular weight is 531 g/mol. The third kappa shape index (κ3) is 7.71. The molecule has 190 valence electrons. The van der Waals surface area contributed by atoms with Crippen molar-refractivity contribution in [2.75, 3.05) is 0 Å². The van der Waals surface area contributed by atoms with Crippen LogP contribution in [0.4, 0.5) is 4.39 Å². The molecule has 0 aliphatic heterocycles. The van der Waals surface area contributed by atoms with Crippen molar-refractivity contribution in [2.24, 2.45) is 0 Å². The van der Waals surface area contributed by atoms with E-state index in [1.165, 1.54) is 42.5 Å². The normalized spacial score (nSPS) is 12.7. The summed E-state index contributed by atoms with van der Waals surface area (Å²) in [6, 6.07) is 17.7. The van der Waals surface area contributed by atoms with Gasteiger partial charge in [-0.05, 0) is 74.7 Å². The first kappa shape index (κ1) is 27.5. The smallest absolute Gasteiger partial charge is 0.251 e. The number of carbonyl (C=O) groups is 2. The largest absolute Gasteiger partial charge is 0.342 e. The molecule has 2 N–H and O–H groups in total. The summed E-state index contributed by atoms with van der Waals surface area (Å²) in [6.45, 7) is 5.16. The van der Waals surface area contributed by atoms with Crippen LogP contribution in [0.1, 0.15) is 42.3 Å². The Labute approximate surface area is 215 Å². The Bertz CT molecular complexity index is 1340. The fraction of sp³-hybridized carbons (Fsp3) is 0.259. The zero-order chi connectivity index (χ0) is 26.5. The van der Waals surface area contributed by atoms with Crippen molar-refractivity contribution in [1.29, 1.82) is 0 Å². The van der Waals surface area contributed by atoms with Gasteiger partial charge in [0.15, 0.2) is 5.78 Å². The highest BCUT2D eigenvalue weighted by atomic mass is 35.5. The number of hydrogen-bond acceptors (Lipinski definition) is 4. The summed E-state index contributed by atoms with van der Waals surface area (Å²) >= 11 is 6.28. The van der Waals surface area contributed by atoms with Gasteiger partial charge in [0, 0.05) is 17.5 Å². The van der Waals surface area contributed by atoms with E-state index in [0.717, 1.165) is 5.56 Å². The topological polar surface area (TPSA) is 92.3 Å². The molecule has 0 heterocycles. The summed E-state index contributed by atoms with van der Waals surface area (Å²) in [6.07, 6.45) is 0.177. The Morgan fingerprint density at radius 2 is 1.58 bits per heavy atom. The number of benzene rings is 3. The van der Waals surface area contributed by atoms with Crippen LogP contribution in [0.3, 0.4) is 0 Å². The van der Waals surface area contributed by atoms with Gasteiger partial charge in [-0.2, -0.15) is 0 Å². The lowest BCUT2D eigenvalue weighted by Gasteiger charge is -2.21. The fourth-order valence-corrected chi connectivity index (χ4v) is 5.58. The highest BCUT2D eigenvalue weighted by Gasteiger charge is 2.26. The van der Waals surface area contributed by atoms with Gasteiger partial charge < -0.3 is 5.32 Å². The van der Waals surface area contributed by atoms with Crippen LogP contribution in [0, 0.1) is 5.82 Å². The van der Waals surface area contributed by atoms with Gasteiger partial charge in [0.1, 0.15) is 10.7 Å². The minimum atomic E-state index is -3.85. The van der Waals surface area contributed by atoms with Gasteiger partial charge in [0.25, 0.3) is 5.91 Å². The van der Waals surface area contributed by atoms with Gasteiger partial charge in [-0.25, -0.2) is 17.5 Å². The summed E-state index contributed by atoms with van der Waals surface area (Å²) < 4.78 is 41.1. The molecule has 0 saturated carbocycles. The molecule has 0 bridgehead atoms. The van der Waals surface area contributed by atoms with Gasteiger partial charge in [0.05, 0.1) is 11.1 Å². The van der Waals surface area contributed by atoms with Gasteiger partial charge in [-0.3, -0.25) is 9.59 Å². The third-order valence-corrected chi connectivity index (χ3v) is 7.43. The minimum Gasteiger partial charge on any atom is -0.342 e. The minimum absolute atomic E-state index is 0.00740. The number of nitrogens with one attached hydrogen (secondary N) is 2. The second-order valence-electron chi connectivity index (χ2n) is 9.49. The van der Waals surface area contributed by atoms with Gasteiger partial charge >= 0.3 is 0 Å². The van der Waals surface area contributed by atoms with Crippen LogP contribution in [0.5, 0.6) is 0 Å². The number of amides is 1. The Kier molecular flexibility index (Phi) is 8.66. The van der Waals surface area contributed by atoms with Crippen LogP contribution in [0.15, 0.2) is 77.7 Å². The van der Waals surface area contributed by atoms with Crippen molar-refractivity contribution in [3.8, 4) is 0 Å². The molecule has 0 fully saturated rings. The molecule has 9 heteroatoms. The number of ketones is 1. The van der Waals surface area contributed by atoms with Crippen LogP contribution in [0.2, 0.25) is 5.02 Å². The van der Waals surface area contributed by atoms with Crippen LogP contribution < -0.4 is 10.0 Å². The molecule has 0 aliphatic carbocycles. The summed E-state index contributed by atoms with van der Waals surface area (Å²) in [5.74, 6) is -1.26. The Morgan fingerprint density at radius 1 is 0.944 bits per heavy atom. The molecule has 0 unspecified atom stereocenters. The van der Waals surface area contributed by atoms with Crippen LogP contribution in [-0.4, -0.2) is 31.7 Å². The molecule has 0 radical (unpaired) electrons. The predicted molar refractivity (Wildman–Crippen MR) is 138 cm³/mol. The number of Topliss-reactive ketones (excluding diaryl/α,β-unsaturated/α-hetero) is 1. The molecule has 0 aromatic heterocycles. The van der Waals surface area contributed by atoms with E-state index < -0.39 is 33.3 Å². The van der Waals surface area contributed by atoms with E-state index in [1.807, 2.05) is 30.3 Å². The van der Waals surface area contributed by atoms with Gasteiger partial charge in [-0.15, -0.1) is 0 Å². The SMILES string of the molecule is CC(C)(C)NS(=O)(=O)c1ccc(CC(=O)[C@H](Cc2ccccc2)NC(=O)c2ccc(F)cc2)cc1Cl. The monoisotopic (exact) mass is 530 g/mol. The van der Waals surface area contributed by atoms with Crippen molar-refractivity contribution in [1.82, 2.24) is 10.0 Å². The first-order valence-corrected chi connectivity index (χ1v) is 13.2. The molecule has 3 aromatic rings. The molecule has 0 saturated heterocycles. The van der Waals surface area contributed by atoms with E-state index in [0.29, 0.717) is 5.56 Å². The van der Waals surface area contributed by atoms with Crippen molar-refractivity contribution in [3.63, 3.8) is 0 Å². The number of hydrogen-bond donors (Lipinski definition) is 2. The molecule has 1 atom stereocenters. The van der Waals surface area contributed by atoms with E-state index in [9.17, 15) is 22.4 Å². The summed E-state index contributed by atoms with van der Waals surface area (Å²) in [7, 11) is -3.85. The number of carbonyl (C=O) groups excluding carboxylic acids is 2. The molecule has 1 amide bonds. The molecular formula is C27H28ClFN2O4S. The van der Waals surface area contributed by atoms with E-state index in [2.05, 4.69) is 10.0 Å². The standard InChI is InChI=1S/C27H28ClFN2O4S/c1-27(2,3)31-36(34,35)25-14-9-19(15-22(25)28)17-24(32)23(16-18-7-5-4-6-8-18)30-26(33)20-10-12-21(29)13-11-20/h4-15,23,31H,16-17H2,1-3H3,(H,30,33)/t23-/m0/s1. The van der Waals surface area contributed by atoms with Crippen molar-refractivity contribution >= 4 is 33.3 Å².